The van der Waals surface area contributed by atoms with Crippen LogP contribution < -0.4 is 10.6 Å². The first kappa shape index (κ1) is 18.5. The summed E-state index contributed by atoms with van der Waals surface area (Å²) in [7, 11) is 0. The Balaban J connectivity index is 1.52. The molecule has 2 heterocycles. The van der Waals surface area contributed by atoms with Gasteiger partial charge in [0.25, 0.3) is 0 Å². The number of hydrogen-bond donors (Lipinski definition) is 2. The molecule has 2 aromatic rings. The number of likely N-dealkylation sites (tertiary alicyclic amines) is 1. The lowest BCUT2D eigenvalue weighted by Gasteiger charge is -2.38. The highest BCUT2D eigenvalue weighted by Crippen LogP contribution is 2.20. The molecule has 1 aromatic heterocycles. The van der Waals surface area contributed by atoms with Crippen LogP contribution >= 0.6 is 0 Å². The van der Waals surface area contributed by atoms with Gasteiger partial charge in [0.2, 0.25) is 0 Å². The van der Waals surface area contributed by atoms with Crippen LogP contribution in [0.5, 0.6) is 0 Å². The summed E-state index contributed by atoms with van der Waals surface area (Å²) in [6.45, 7) is 7.96. The van der Waals surface area contributed by atoms with Crippen molar-refractivity contribution in [1.82, 2.24) is 15.5 Å². The Morgan fingerprint density at radius 1 is 1.23 bits per heavy atom. The van der Waals surface area contributed by atoms with Crippen LogP contribution in [0.15, 0.2) is 58.1 Å². The molecule has 2 unspecified atom stereocenters. The van der Waals surface area contributed by atoms with E-state index in [2.05, 4.69) is 64.7 Å². The van der Waals surface area contributed by atoms with Gasteiger partial charge in [-0.25, -0.2) is 4.99 Å². The summed E-state index contributed by atoms with van der Waals surface area (Å²) < 4.78 is 5.37. The molecule has 0 spiro atoms. The first-order valence-electron chi connectivity index (χ1n) is 9.59. The zero-order valence-electron chi connectivity index (χ0n) is 15.8. The second-order valence-electron chi connectivity index (χ2n) is 6.95. The van der Waals surface area contributed by atoms with E-state index in [1.807, 2.05) is 12.1 Å². The van der Waals surface area contributed by atoms with Gasteiger partial charge in [-0.3, -0.25) is 4.90 Å². The van der Waals surface area contributed by atoms with Crippen molar-refractivity contribution in [3.63, 3.8) is 0 Å². The Bertz CT molecular complexity index is 669. The molecule has 0 saturated carbocycles. The molecule has 1 saturated heterocycles. The lowest BCUT2D eigenvalue weighted by molar-refractivity contribution is 0.134. The Hall–Kier alpha value is -2.27. The van der Waals surface area contributed by atoms with Gasteiger partial charge >= 0.3 is 0 Å². The maximum atomic E-state index is 5.37. The first-order valence-corrected chi connectivity index (χ1v) is 9.59. The van der Waals surface area contributed by atoms with Crippen LogP contribution in [0, 0.1) is 0 Å². The number of hydrogen-bond acceptors (Lipinski definition) is 3. The molecule has 0 radical (unpaired) electrons. The van der Waals surface area contributed by atoms with Crippen molar-refractivity contribution in [1.29, 1.82) is 0 Å². The molecule has 2 N–H and O–H groups in total. The van der Waals surface area contributed by atoms with E-state index in [0.717, 1.165) is 44.2 Å². The van der Waals surface area contributed by atoms with E-state index in [0.29, 0.717) is 18.6 Å². The number of aliphatic imine (C=N–C) groups is 1. The van der Waals surface area contributed by atoms with Crippen LogP contribution in [0.3, 0.4) is 0 Å². The largest absolute Gasteiger partial charge is 0.467 e. The minimum Gasteiger partial charge on any atom is -0.467 e. The van der Waals surface area contributed by atoms with Crippen LogP contribution in [-0.2, 0) is 13.1 Å². The monoisotopic (exact) mass is 354 g/mol. The van der Waals surface area contributed by atoms with Crippen molar-refractivity contribution in [2.24, 2.45) is 4.99 Å². The predicted molar refractivity (Wildman–Crippen MR) is 106 cm³/mol. The third-order valence-corrected chi connectivity index (χ3v) is 4.90. The maximum absolute atomic E-state index is 5.37. The van der Waals surface area contributed by atoms with Gasteiger partial charge in [-0.05, 0) is 44.4 Å². The molecule has 1 aromatic carbocycles. The van der Waals surface area contributed by atoms with Gasteiger partial charge in [0.05, 0.1) is 6.26 Å². The lowest BCUT2D eigenvalue weighted by Crippen LogP contribution is -2.51. The average Bonchev–Trinajstić information content (AvgIpc) is 3.17. The molecule has 26 heavy (non-hydrogen) atoms. The molecule has 0 aliphatic carbocycles. The number of guanidine groups is 1. The summed E-state index contributed by atoms with van der Waals surface area (Å²) in [5, 5.41) is 6.95. The SMILES string of the molecule is CCNC(=NCc1ccco1)NC1CCN(Cc2ccccc2)C(C)C1. The van der Waals surface area contributed by atoms with Crippen LogP contribution in [0.25, 0.3) is 0 Å². The Morgan fingerprint density at radius 2 is 2.08 bits per heavy atom. The van der Waals surface area contributed by atoms with Crippen molar-refractivity contribution in [2.45, 2.75) is 51.9 Å². The van der Waals surface area contributed by atoms with E-state index >= 15 is 0 Å². The molecule has 3 rings (SSSR count). The summed E-state index contributed by atoms with van der Waals surface area (Å²) in [5.74, 6) is 1.76. The number of benzene rings is 1. The van der Waals surface area contributed by atoms with Crippen LogP contribution in [0.4, 0.5) is 0 Å². The summed E-state index contributed by atoms with van der Waals surface area (Å²) in [4.78, 5) is 7.22. The van der Waals surface area contributed by atoms with Gasteiger partial charge in [0.1, 0.15) is 12.3 Å². The fourth-order valence-electron chi connectivity index (χ4n) is 3.48. The summed E-state index contributed by atoms with van der Waals surface area (Å²) in [6, 6.07) is 15.6. The van der Waals surface area contributed by atoms with Gasteiger partial charge in [-0.2, -0.15) is 0 Å². The zero-order chi connectivity index (χ0) is 18.2. The summed E-state index contributed by atoms with van der Waals surface area (Å²) >= 11 is 0. The number of nitrogens with zero attached hydrogens (tertiary/aromatic N) is 2. The van der Waals surface area contributed by atoms with Crippen LogP contribution in [0.1, 0.15) is 38.0 Å². The van der Waals surface area contributed by atoms with Gasteiger partial charge in [0, 0.05) is 31.7 Å². The van der Waals surface area contributed by atoms with Crippen LogP contribution in [0.2, 0.25) is 0 Å². The highest BCUT2D eigenvalue weighted by molar-refractivity contribution is 5.80. The maximum Gasteiger partial charge on any atom is 0.191 e. The molecule has 5 heteroatoms. The van der Waals surface area contributed by atoms with Gasteiger partial charge in [-0.15, -0.1) is 0 Å². The Kier molecular flexibility index (Phi) is 6.72. The highest BCUT2D eigenvalue weighted by Gasteiger charge is 2.25. The number of furan rings is 1. The topological polar surface area (TPSA) is 52.8 Å². The zero-order valence-corrected chi connectivity index (χ0v) is 15.8. The average molecular weight is 354 g/mol. The summed E-state index contributed by atoms with van der Waals surface area (Å²) in [6.07, 6.45) is 3.94. The molecule has 2 atom stereocenters. The van der Waals surface area contributed by atoms with E-state index in [9.17, 15) is 0 Å². The van der Waals surface area contributed by atoms with E-state index in [1.165, 1.54) is 5.56 Å². The molecular weight excluding hydrogens is 324 g/mol. The fraction of sp³-hybridized carbons (Fsp3) is 0.476. The van der Waals surface area contributed by atoms with E-state index in [4.69, 9.17) is 4.42 Å². The highest BCUT2D eigenvalue weighted by atomic mass is 16.3. The molecule has 0 amide bonds. The van der Waals surface area contributed by atoms with Gasteiger partial charge < -0.3 is 15.1 Å². The molecule has 1 aliphatic heterocycles. The predicted octanol–water partition coefficient (Wildman–Crippen LogP) is 3.39. The van der Waals surface area contributed by atoms with Crippen molar-refractivity contribution in [3.8, 4) is 0 Å². The molecule has 140 valence electrons. The van der Waals surface area contributed by atoms with Crippen LogP contribution in [-0.4, -0.2) is 36.0 Å². The lowest BCUT2D eigenvalue weighted by atomic mass is 9.97. The third-order valence-electron chi connectivity index (χ3n) is 4.90. The molecule has 1 aliphatic rings. The minimum atomic E-state index is 0.450. The van der Waals surface area contributed by atoms with Crippen molar-refractivity contribution in [3.05, 3.63) is 60.1 Å². The van der Waals surface area contributed by atoms with E-state index < -0.39 is 0 Å². The first-order chi connectivity index (χ1) is 12.7. The third kappa shape index (κ3) is 5.36. The molecule has 0 bridgehead atoms. The quantitative estimate of drug-likeness (QED) is 0.617. The van der Waals surface area contributed by atoms with E-state index in [-0.39, 0.29) is 0 Å². The Morgan fingerprint density at radius 3 is 2.77 bits per heavy atom. The second-order valence-corrected chi connectivity index (χ2v) is 6.95. The standard InChI is InChI=1S/C21H30N4O/c1-3-22-21(23-15-20-10-7-13-26-20)24-19-11-12-25(17(2)14-19)16-18-8-5-4-6-9-18/h4-10,13,17,19H,3,11-12,14-16H2,1-2H3,(H2,22,23,24). The number of nitrogens with one attached hydrogen (secondary N) is 2. The van der Waals surface area contributed by atoms with Crippen molar-refractivity contribution < 1.29 is 4.42 Å². The second kappa shape index (κ2) is 9.43. The fourth-order valence-corrected chi connectivity index (χ4v) is 3.48. The minimum absolute atomic E-state index is 0.450. The molecular formula is C21H30N4O. The number of piperidine rings is 1. The van der Waals surface area contributed by atoms with Crippen molar-refractivity contribution in [2.75, 3.05) is 13.1 Å². The molecule has 5 nitrogen and oxygen atoms in total. The van der Waals surface area contributed by atoms with Gasteiger partial charge in [-0.1, -0.05) is 30.3 Å². The Labute approximate surface area is 156 Å². The number of rotatable bonds is 6. The summed E-state index contributed by atoms with van der Waals surface area (Å²) in [5.41, 5.74) is 1.39. The normalized spacial score (nSPS) is 21.5. The van der Waals surface area contributed by atoms with Crippen molar-refractivity contribution >= 4 is 5.96 Å². The van der Waals surface area contributed by atoms with E-state index in [1.54, 1.807) is 6.26 Å². The molecule has 1 fully saturated rings. The smallest absolute Gasteiger partial charge is 0.191 e. The van der Waals surface area contributed by atoms with Gasteiger partial charge in [0.15, 0.2) is 5.96 Å².